The topological polar surface area (TPSA) is 79.9 Å². The fourth-order valence-corrected chi connectivity index (χ4v) is 4.97. The number of ether oxygens (including phenoxy) is 2. The van der Waals surface area contributed by atoms with Gasteiger partial charge in [0.1, 0.15) is 0 Å². The molecule has 32 heavy (non-hydrogen) atoms. The van der Waals surface area contributed by atoms with Crippen LogP contribution in [0.5, 0.6) is 11.5 Å². The number of nitrogens with one attached hydrogen (secondary N) is 2. The fraction of sp³-hybridized carbons (Fsp3) is 0.250. The van der Waals surface area contributed by atoms with Crippen molar-refractivity contribution >= 4 is 28.8 Å². The average Bonchev–Trinajstić information content (AvgIpc) is 3.51. The predicted octanol–water partition coefficient (Wildman–Crippen LogP) is 3.33. The normalized spacial score (nSPS) is 15.6. The molecule has 2 aliphatic heterocycles. The van der Waals surface area contributed by atoms with Crippen LogP contribution in [0.4, 0.5) is 5.69 Å². The predicted molar refractivity (Wildman–Crippen MR) is 122 cm³/mol. The average molecular weight is 450 g/mol. The Bertz CT molecular complexity index is 1130. The first-order chi connectivity index (χ1) is 15.7. The zero-order valence-electron chi connectivity index (χ0n) is 17.4. The Balaban J connectivity index is 1.23. The summed E-state index contributed by atoms with van der Waals surface area (Å²) in [6.07, 6.45) is 0.969. The van der Waals surface area contributed by atoms with Crippen LogP contribution < -0.4 is 20.1 Å². The molecule has 0 saturated carbocycles. The Morgan fingerprint density at radius 1 is 1.00 bits per heavy atom. The molecule has 0 radical (unpaired) electrons. The van der Waals surface area contributed by atoms with Gasteiger partial charge in [0.05, 0.1) is 6.04 Å². The molecule has 8 heteroatoms. The first-order valence-electron chi connectivity index (χ1n) is 10.5. The summed E-state index contributed by atoms with van der Waals surface area (Å²) in [5.74, 6) is -0.208. The zero-order valence-corrected chi connectivity index (χ0v) is 18.2. The molecule has 2 aliphatic rings. The molecular weight excluding hydrogens is 426 g/mol. The van der Waals surface area contributed by atoms with E-state index in [0.717, 1.165) is 19.5 Å². The highest BCUT2D eigenvalue weighted by atomic mass is 32.1. The van der Waals surface area contributed by atoms with E-state index in [-0.39, 0.29) is 12.8 Å². The molecule has 1 aromatic heterocycles. The van der Waals surface area contributed by atoms with Gasteiger partial charge in [-0.05, 0) is 41.1 Å². The quantitative estimate of drug-likeness (QED) is 0.584. The molecule has 0 saturated heterocycles. The van der Waals surface area contributed by atoms with E-state index < -0.39 is 11.8 Å². The minimum absolute atomic E-state index is 0.00523. The first kappa shape index (κ1) is 20.5. The van der Waals surface area contributed by atoms with Crippen LogP contribution in [-0.2, 0) is 22.6 Å². The number of benzene rings is 2. The minimum atomic E-state index is -0.710. The molecule has 0 bridgehead atoms. The molecule has 0 aliphatic carbocycles. The van der Waals surface area contributed by atoms with Gasteiger partial charge in [-0.2, -0.15) is 0 Å². The summed E-state index contributed by atoms with van der Waals surface area (Å²) in [5, 5.41) is 7.48. The van der Waals surface area contributed by atoms with E-state index in [1.165, 1.54) is 16.0 Å². The number of amides is 2. The second-order valence-corrected chi connectivity index (χ2v) is 8.73. The van der Waals surface area contributed by atoms with Gasteiger partial charge in [0.25, 0.3) is 0 Å². The van der Waals surface area contributed by atoms with Crippen molar-refractivity contribution in [2.75, 3.05) is 25.2 Å². The number of nitrogens with zero attached hydrogens (tertiary/aromatic N) is 1. The maximum Gasteiger partial charge on any atom is 0.313 e. The van der Waals surface area contributed by atoms with Crippen molar-refractivity contribution in [3.05, 3.63) is 76.0 Å². The van der Waals surface area contributed by atoms with E-state index in [4.69, 9.17) is 9.47 Å². The Kier molecular flexibility index (Phi) is 5.79. The maximum absolute atomic E-state index is 12.5. The molecule has 2 N–H and O–H groups in total. The second-order valence-electron chi connectivity index (χ2n) is 7.75. The molecule has 2 amide bonds. The lowest BCUT2D eigenvalue weighted by Gasteiger charge is -2.35. The van der Waals surface area contributed by atoms with Crippen LogP contribution in [0.15, 0.2) is 60.0 Å². The van der Waals surface area contributed by atoms with Crippen molar-refractivity contribution in [2.24, 2.45) is 0 Å². The number of carbonyl (C=O) groups excluding carboxylic acids is 2. The van der Waals surface area contributed by atoms with E-state index in [9.17, 15) is 9.59 Å². The van der Waals surface area contributed by atoms with Crippen LogP contribution in [0.2, 0.25) is 0 Å². The molecule has 164 valence electrons. The largest absolute Gasteiger partial charge is 0.454 e. The number of carbonyl (C=O) groups is 2. The molecule has 5 rings (SSSR count). The van der Waals surface area contributed by atoms with Crippen molar-refractivity contribution in [3.8, 4) is 11.5 Å². The van der Waals surface area contributed by atoms with Gasteiger partial charge >= 0.3 is 11.8 Å². The highest BCUT2D eigenvalue weighted by Gasteiger charge is 2.27. The van der Waals surface area contributed by atoms with Crippen LogP contribution in [0.3, 0.4) is 0 Å². The third-order valence-corrected chi connectivity index (χ3v) is 6.74. The van der Waals surface area contributed by atoms with E-state index in [1.54, 1.807) is 29.5 Å². The summed E-state index contributed by atoms with van der Waals surface area (Å²) >= 11 is 1.66. The van der Waals surface area contributed by atoms with Gasteiger partial charge in [-0.1, -0.05) is 30.3 Å². The highest BCUT2D eigenvalue weighted by Crippen LogP contribution is 2.34. The SMILES string of the molecule is O=C(NC[C@@H](c1cccs1)N1CCc2ccccc2C1)C(=O)Nc1ccc2c(c1)OCO2. The number of rotatable bonds is 5. The summed E-state index contributed by atoms with van der Waals surface area (Å²) in [6.45, 7) is 2.23. The third kappa shape index (κ3) is 4.32. The lowest BCUT2D eigenvalue weighted by Crippen LogP contribution is -2.43. The number of anilines is 1. The second kappa shape index (κ2) is 9.02. The Labute approximate surface area is 190 Å². The molecule has 0 unspecified atom stereocenters. The van der Waals surface area contributed by atoms with E-state index in [0.29, 0.717) is 23.7 Å². The molecule has 3 heterocycles. The van der Waals surface area contributed by atoms with Gasteiger partial charge in [0.2, 0.25) is 6.79 Å². The van der Waals surface area contributed by atoms with E-state index in [1.807, 2.05) is 11.4 Å². The molecule has 0 fully saturated rings. The van der Waals surface area contributed by atoms with E-state index >= 15 is 0 Å². The molecular formula is C24H23N3O4S. The summed E-state index contributed by atoms with van der Waals surface area (Å²) in [5.41, 5.74) is 3.17. The standard InChI is InChI=1S/C24H23N3O4S/c28-23(24(29)26-18-7-8-20-21(12-18)31-15-30-20)25-13-19(22-6-3-11-32-22)27-10-9-16-4-1-2-5-17(16)14-27/h1-8,11-12,19H,9-10,13-15H2,(H,25,28)(H,26,29)/t19-/m0/s1. The van der Waals surface area contributed by atoms with Crippen LogP contribution >= 0.6 is 11.3 Å². The summed E-state index contributed by atoms with van der Waals surface area (Å²) < 4.78 is 10.6. The zero-order chi connectivity index (χ0) is 21.9. The van der Waals surface area contributed by atoms with Gasteiger partial charge in [-0.15, -0.1) is 11.3 Å². The van der Waals surface area contributed by atoms with Crippen LogP contribution in [0, 0.1) is 0 Å². The number of hydrogen-bond donors (Lipinski definition) is 2. The van der Waals surface area contributed by atoms with Gasteiger partial charge in [-0.25, -0.2) is 0 Å². The number of hydrogen-bond acceptors (Lipinski definition) is 6. The van der Waals surface area contributed by atoms with Gasteiger partial charge in [0, 0.05) is 36.3 Å². The van der Waals surface area contributed by atoms with Crippen molar-refractivity contribution in [1.82, 2.24) is 10.2 Å². The van der Waals surface area contributed by atoms with Gasteiger partial charge < -0.3 is 20.1 Å². The van der Waals surface area contributed by atoms with Crippen LogP contribution in [-0.4, -0.2) is 36.6 Å². The Morgan fingerprint density at radius 2 is 1.84 bits per heavy atom. The van der Waals surface area contributed by atoms with Crippen molar-refractivity contribution in [1.29, 1.82) is 0 Å². The first-order valence-corrected chi connectivity index (χ1v) is 11.4. The molecule has 2 aromatic carbocycles. The molecule has 3 aromatic rings. The summed E-state index contributed by atoms with van der Waals surface area (Å²) in [6, 6.07) is 17.6. The lowest BCUT2D eigenvalue weighted by molar-refractivity contribution is -0.136. The van der Waals surface area contributed by atoms with E-state index in [2.05, 4.69) is 45.9 Å². The monoisotopic (exact) mass is 449 g/mol. The van der Waals surface area contributed by atoms with Crippen molar-refractivity contribution in [2.45, 2.75) is 19.0 Å². The summed E-state index contributed by atoms with van der Waals surface area (Å²) in [4.78, 5) is 28.5. The molecule has 0 spiro atoms. The number of fused-ring (bicyclic) bond motifs is 2. The Hall–Kier alpha value is -3.36. The van der Waals surface area contributed by atoms with Gasteiger partial charge in [0.15, 0.2) is 11.5 Å². The molecule has 1 atom stereocenters. The maximum atomic E-state index is 12.5. The van der Waals surface area contributed by atoms with Gasteiger partial charge in [-0.3, -0.25) is 14.5 Å². The molecule has 7 nitrogen and oxygen atoms in total. The van der Waals surface area contributed by atoms with Crippen LogP contribution in [0.25, 0.3) is 0 Å². The smallest absolute Gasteiger partial charge is 0.313 e. The number of thiophene rings is 1. The minimum Gasteiger partial charge on any atom is -0.454 e. The highest BCUT2D eigenvalue weighted by molar-refractivity contribution is 7.10. The third-order valence-electron chi connectivity index (χ3n) is 5.77. The summed E-state index contributed by atoms with van der Waals surface area (Å²) in [7, 11) is 0. The van der Waals surface area contributed by atoms with Crippen molar-refractivity contribution in [3.63, 3.8) is 0 Å². The fourth-order valence-electron chi connectivity index (χ4n) is 4.11. The van der Waals surface area contributed by atoms with Crippen LogP contribution in [0.1, 0.15) is 22.0 Å². The lowest BCUT2D eigenvalue weighted by atomic mass is 9.98. The Morgan fingerprint density at radius 3 is 2.69 bits per heavy atom. The van der Waals surface area contributed by atoms with Crippen molar-refractivity contribution < 1.29 is 19.1 Å².